The maximum Gasteiger partial charge on any atom is 0.309 e. The lowest BCUT2D eigenvalue weighted by Gasteiger charge is -2.20. The number of tetrazole rings is 1. The van der Waals surface area contributed by atoms with Crippen molar-refractivity contribution < 1.29 is 29.4 Å². The van der Waals surface area contributed by atoms with Gasteiger partial charge in [-0.15, -0.1) is 20.3 Å². The van der Waals surface area contributed by atoms with Crippen LogP contribution in [0, 0.1) is 16.0 Å². The van der Waals surface area contributed by atoms with Gasteiger partial charge in [-0.2, -0.15) is 5.21 Å². The second kappa shape index (κ2) is 18.1. The fraction of sp³-hybridized carbons (Fsp3) is 0.486. The van der Waals surface area contributed by atoms with Gasteiger partial charge in [-0.25, -0.2) is 4.98 Å². The largest absolute Gasteiger partial charge is 0.465 e. The SMILES string of the molecule is CCCc1nc(C(C)(C)O)c(C(=O)CC(CCCCN)C(=O)OCCCCO[N+](=O)[O-])n1Cc1ccc(-c2ccccc2-c2nn[nH]n2)cc1. The molecule has 0 aliphatic carbocycles. The topological polar surface area (TPSA) is 214 Å². The first-order chi connectivity index (χ1) is 24.0. The summed E-state index contributed by atoms with van der Waals surface area (Å²) in [5, 5.41) is 35.2. The van der Waals surface area contributed by atoms with Gasteiger partial charge < -0.3 is 25.0 Å². The number of hydrogen-bond donors (Lipinski definition) is 3. The Morgan fingerprint density at radius 2 is 1.78 bits per heavy atom. The first-order valence-corrected chi connectivity index (χ1v) is 16.9. The molecule has 15 heteroatoms. The minimum Gasteiger partial charge on any atom is -0.465 e. The monoisotopic (exact) mass is 690 g/mol. The molecule has 0 aliphatic rings. The molecule has 0 radical (unpaired) electrons. The fourth-order valence-corrected chi connectivity index (χ4v) is 5.76. The lowest BCUT2D eigenvalue weighted by Crippen LogP contribution is -2.26. The van der Waals surface area contributed by atoms with E-state index in [0.29, 0.717) is 63.3 Å². The van der Waals surface area contributed by atoms with Crippen LogP contribution in [0.15, 0.2) is 48.5 Å². The van der Waals surface area contributed by atoms with Crippen LogP contribution in [0.3, 0.4) is 0 Å². The zero-order chi connectivity index (χ0) is 36.1. The number of nitrogens with one attached hydrogen (secondary N) is 1. The van der Waals surface area contributed by atoms with Gasteiger partial charge in [-0.1, -0.05) is 61.9 Å². The number of nitrogens with zero attached hydrogens (tertiary/aromatic N) is 6. The highest BCUT2D eigenvalue weighted by molar-refractivity contribution is 5.98. The number of carbonyl (C=O) groups excluding carboxylic acids is 2. The number of esters is 1. The molecular weight excluding hydrogens is 644 g/mol. The predicted molar refractivity (Wildman–Crippen MR) is 184 cm³/mol. The molecule has 2 aromatic carbocycles. The summed E-state index contributed by atoms with van der Waals surface area (Å²) in [6, 6.07) is 15.7. The summed E-state index contributed by atoms with van der Waals surface area (Å²) in [4.78, 5) is 46.9. The number of rotatable bonds is 21. The van der Waals surface area contributed by atoms with E-state index in [4.69, 9.17) is 15.5 Å². The van der Waals surface area contributed by atoms with Crippen molar-refractivity contribution in [2.75, 3.05) is 19.8 Å². The molecule has 4 rings (SSSR count). The van der Waals surface area contributed by atoms with Gasteiger partial charge in [0.2, 0.25) is 5.82 Å². The number of aliphatic hydroxyl groups is 1. The van der Waals surface area contributed by atoms with Crippen molar-refractivity contribution in [1.82, 2.24) is 30.2 Å². The molecule has 268 valence electrons. The van der Waals surface area contributed by atoms with Crippen molar-refractivity contribution in [1.29, 1.82) is 0 Å². The number of benzene rings is 2. The molecule has 15 nitrogen and oxygen atoms in total. The van der Waals surface area contributed by atoms with Crippen LogP contribution < -0.4 is 5.73 Å². The van der Waals surface area contributed by atoms with E-state index < -0.39 is 22.6 Å². The molecule has 0 saturated carbocycles. The minimum atomic E-state index is -1.43. The highest BCUT2D eigenvalue weighted by atomic mass is 16.9. The summed E-state index contributed by atoms with van der Waals surface area (Å²) < 4.78 is 7.35. The average molecular weight is 691 g/mol. The number of ketones is 1. The van der Waals surface area contributed by atoms with Gasteiger partial charge >= 0.3 is 5.97 Å². The molecule has 1 unspecified atom stereocenters. The van der Waals surface area contributed by atoms with E-state index in [1.165, 1.54) is 0 Å². The Morgan fingerprint density at radius 3 is 2.42 bits per heavy atom. The van der Waals surface area contributed by atoms with Crippen LogP contribution in [0.25, 0.3) is 22.5 Å². The van der Waals surface area contributed by atoms with Crippen LogP contribution in [0.4, 0.5) is 0 Å². The molecule has 0 amide bonds. The van der Waals surface area contributed by atoms with Gasteiger partial charge in [0.15, 0.2) is 5.78 Å². The molecule has 50 heavy (non-hydrogen) atoms. The summed E-state index contributed by atoms with van der Waals surface area (Å²) in [7, 11) is 0. The van der Waals surface area contributed by atoms with Gasteiger partial charge in [0.25, 0.3) is 5.09 Å². The van der Waals surface area contributed by atoms with E-state index in [1.54, 1.807) is 13.8 Å². The number of hydrogen-bond acceptors (Lipinski definition) is 12. The first kappa shape index (κ1) is 37.8. The van der Waals surface area contributed by atoms with Gasteiger partial charge in [0.05, 0.1) is 19.1 Å². The third kappa shape index (κ3) is 10.2. The van der Waals surface area contributed by atoms with Gasteiger partial charge in [0.1, 0.15) is 22.8 Å². The number of aromatic amines is 1. The summed E-state index contributed by atoms with van der Waals surface area (Å²) in [6.07, 6.45) is 3.62. The Morgan fingerprint density at radius 1 is 1.06 bits per heavy atom. The lowest BCUT2D eigenvalue weighted by atomic mass is 9.92. The van der Waals surface area contributed by atoms with Crippen LogP contribution in [-0.2, 0) is 32.9 Å². The number of Topliss-reactive ketones (excluding diaryl/α,β-unsaturated/α-hetero) is 1. The molecular formula is C35H46N8O7. The van der Waals surface area contributed by atoms with E-state index in [9.17, 15) is 24.8 Å². The second-order valence-electron chi connectivity index (χ2n) is 12.6. The summed E-state index contributed by atoms with van der Waals surface area (Å²) in [6.45, 7) is 5.93. The quantitative estimate of drug-likeness (QED) is 0.0353. The van der Waals surface area contributed by atoms with Gasteiger partial charge in [-0.05, 0) is 74.4 Å². The smallest absolute Gasteiger partial charge is 0.309 e. The van der Waals surface area contributed by atoms with Crippen LogP contribution in [0.1, 0.15) is 93.3 Å². The second-order valence-corrected chi connectivity index (χ2v) is 12.6. The predicted octanol–water partition coefficient (Wildman–Crippen LogP) is 4.81. The van der Waals surface area contributed by atoms with Crippen LogP contribution >= 0.6 is 0 Å². The molecule has 0 fully saturated rings. The normalized spacial score (nSPS) is 12.1. The minimum absolute atomic E-state index is 0.0462. The summed E-state index contributed by atoms with van der Waals surface area (Å²) in [5.74, 6) is -0.431. The van der Waals surface area contributed by atoms with Crippen molar-refractivity contribution in [3.63, 3.8) is 0 Å². The number of aryl methyl sites for hydroxylation is 1. The zero-order valence-electron chi connectivity index (χ0n) is 28.8. The molecule has 0 aliphatic heterocycles. The summed E-state index contributed by atoms with van der Waals surface area (Å²) in [5.41, 5.74) is 8.44. The Balaban J connectivity index is 1.60. The molecule has 1 atom stereocenters. The molecule has 0 saturated heterocycles. The van der Waals surface area contributed by atoms with Crippen LogP contribution in [0.2, 0.25) is 0 Å². The molecule has 2 heterocycles. The number of aromatic nitrogens is 6. The number of H-pyrrole nitrogens is 1. The van der Waals surface area contributed by atoms with E-state index >= 15 is 0 Å². The van der Waals surface area contributed by atoms with Crippen molar-refractivity contribution in [3.05, 3.63) is 81.4 Å². The van der Waals surface area contributed by atoms with E-state index in [1.807, 2.05) is 60.0 Å². The number of imidazole rings is 1. The summed E-state index contributed by atoms with van der Waals surface area (Å²) >= 11 is 0. The molecule has 4 N–H and O–H groups in total. The maximum absolute atomic E-state index is 14.3. The third-order valence-corrected chi connectivity index (χ3v) is 8.23. The van der Waals surface area contributed by atoms with Crippen molar-refractivity contribution in [2.45, 2.75) is 84.3 Å². The average Bonchev–Trinajstić information content (AvgIpc) is 3.75. The number of carbonyl (C=O) groups is 2. The highest BCUT2D eigenvalue weighted by Crippen LogP contribution is 2.32. The standard InChI is InChI=1S/C35H46N8O7/c1-4-11-30-37-32(35(2,3)46)31(29(44)22-26(12-7-8-19-36)34(45)49-20-9-10-21-50-43(47)48)42(30)23-24-15-17-25(18-16-24)27-13-5-6-14-28(27)33-38-40-41-39-33/h5-6,13-18,26,46H,4,7-12,19-23,36H2,1-3H3,(H,38,39,40,41). The van der Waals surface area contributed by atoms with E-state index in [2.05, 4.69) is 25.5 Å². The third-order valence-electron chi connectivity index (χ3n) is 8.23. The Labute approximate surface area is 290 Å². The molecule has 0 spiro atoms. The lowest BCUT2D eigenvalue weighted by molar-refractivity contribution is -0.757. The van der Waals surface area contributed by atoms with Crippen molar-refractivity contribution >= 4 is 11.8 Å². The van der Waals surface area contributed by atoms with Crippen molar-refractivity contribution in [3.8, 4) is 22.5 Å². The Hall–Kier alpha value is -5.02. The van der Waals surface area contributed by atoms with E-state index in [0.717, 1.165) is 28.7 Å². The number of ether oxygens (including phenoxy) is 1. The maximum atomic E-state index is 14.3. The van der Waals surface area contributed by atoms with Crippen molar-refractivity contribution in [2.24, 2.45) is 11.7 Å². The van der Waals surface area contributed by atoms with Crippen LogP contribution in [-0.4, -0.2) is 71.9 Å². The Kier molecular flexibility index (Phi) is 13.7. The highest BCUT2D eigenvalue weighted by Gasteiger charge is 2.34. The van der Waals surface area contributed by atoms with Crippen LogP contribution in [0.5, 0.6) is 0 Å². The fourth-order valence-electron chi connectivity index (χ4n) is 5.76. The van der Waals surface area contributed by atoms with Gasteiger partial charge in [0, 0.05) is 24.9 Å². The molecule has 2 aromatic heterocycles. The number of unbranched alkanes of at least 4 members (excludes halogenated alkanes) is 2. The first-order valence-electron chi connectivity index (χ1n) is 16.9. The van der Waals surface area contributed by atoms with Gasteiger partial charge in [-0.3, -0.25) is 9.59 Å². The Bertz CT molecular complexity index is 1700. The molecule has 0 bridgehead atoms. The van der Waals surface area contributed by atoms with E-state index in [-0.39, 0.29) is 36.8 Å². The number of nitrogens with two attached hydrogens (primary N) is 1. The molecule has 4 aromatic rings. The zero-order valence-corrected chi connectivity index (χ0v) is 28.8.